The van der Waals surface area contributed by atoms with E-state index in [1.165, 1.54) is 12.4 Å². The Kier molecular flexibility index (Phi) is 6.52. The van der Waals surface area contributed by atoms with E-state index < -0.39 is 0 Å². The van der Waals surface area contributed by atoms with Crippen LogP contribution >= 0.6 is 0 Å². The number of ether oxygens (including phenoxy) is 1. The number of amides is 1. The number of hydrogen-bond acceptors (Lipinski definition) is 6. The van der Waals surface area contributed by atoms with E-state index in [9.17, 15) is 9.59 Å². The lowest BCUT2D eigenvalue weighted by atomic mass is 9.92. The number of benzene rings is 2. The zero-order valence-electron chi connectivity index (χ0n) is 17.4. The van der Waals surface area contributed by atoms with Gasteiger partial charge in [-0.25, -0.2) is 9.97 Å². The maximum Gasteiger partial charge on any atom is 0.252 e. The first-order chi connectivity index (χ1) is 15.7. The van der Waals surface area contributed by atoms with E-state index in [0.717, 1.165) is 25.7 Å². The third kappa shape index (κ3) is 4.81. The second-order valence-corrected chi connectivity index (χ2v) is 7.63. The van der Waals surface area contributed by atoms with Crippen LogP contribution < -0.4 is 10.1 Å². The molecule has 0 radical (unpaired) electrons. The molecule has 2 aromatic carbocycles. The van der Waals surface area contributed by atoms with Gasteiger partial charge in [0.2, 0.25) is 5.69 Å². The second-order valence-electron chi connectivity index (χ2n) is 7.63. The van der Waals surface area contributed by atoms with Gasteiger partial charge in [-0.3, -0.25) is 9.59 Å². The molecule has 1 heterocycles. The Morgan fingerprint density at radius 2 is 1.56 bits per heavy atom. The van der Waals surface area contributed by atoms with E-state index in [1.54, 1.807) is 48.5 Å². The van der Waals surface area contributed by atoms with Gasteiger partial charge in [-0.05, 0) is 31.7 Å². The van der Waals surface area contributed by atoms with Gasteiger partial charge in [0.05, 0.1) is 5.56 Å². The van der Waals surface area contributed by atoms with Gasteiger partial charge in [0.15, 0.2) is 5.78 Å². The van der Waals surface area contributed by atoms with Crippen LogP contribution in [0.2, 0.25) is 0 Å². The third-order valence-electron chi connectivity index (χ3n) is 5.51. The highest BCUT2D eigenvalue weighted by molar-refractivity contribution is 6.15. The summed E-state index contributed by atoms with van der Waals surface area (Å²) in [5, 5.41) is 12.2. The molecule has 1 aliphatic carbocycles. The SMILES string of the molecule is N#Cc1nccnc1OC1CCC(NC(=O)c2ccccc2C(=O)c2ccccc2)CC1. The Hall–Kier alpha value is -4.05. The van der Waals surface area contributed by atoms with Crippen LogP contribution in [0.3, 0.4) is 0 Å². The highest BCUT2D eigenvalue weighted by Crippen LogP contribution is 2.24. The standard InChI is InChI=1S/C25H22N4O3/c26-16-22-25(28-15-14-27-22)32-19-12-10-18(11-13-19)29-24(31)21-9-5-4-8-20(21)23(30)17-6-2-1-3-7-17/h1-9,14-15,18-19H,10-13H2,(H,29,31). The Morgan fingerprint density at radius 1 is 0.906 bits per heavy atom. The van der Waals surface area contributed by atoms with Crippen molar-refractivity contribution in [3.63, 3.8) is 0 Å². The minimum Gasteiger partial charge on any atom is -0.472 e. The summed E-state index contributed by atoms with van der Waals surface area (Å²) in [6, 6.07) is 17.8. The van der Waals surface area contributed by atoms with Gasteiger partial charge in [0.25, 0.3) is 11.8 Å². The first-order valence-electron chi connectivity index (χ1n) is 10.5. The molecule has 0 saturated heterocycles. The van der Waals surface area contributed by atoms with Crippen molar-refractivity contribution in [1.29, 1.82) is 5.26 Å². The molecular formula is C25H22N4O3. The van der Waals surface area contributed by atoms with E-state index in [-0.39, 0.29) is 35.4 Å². The minimum absolute atomic E-state index is 0.0143. The van der Waals surface area contributed by atoms with Crippen LogP contribution in [0, 0.1) is 11.3 Å². The topological polar surface area (TPSA) is 105 Å². The van der Waals surface area contributed by atoms with Gasteiger partial charge in [0.1, 0.15) is 12.2 Å². The van der Waals surface area contributed by atoms with Gasteiger partial charge in [-0.2, -0.15) is 5.26 Å². The van der Waals surface area contributed by atoms with Gasteiger partial charge >= 0.3 is 0 Å². The molecule has 4 rings (SSSR count). The van der Waals surface area contributed by atoms with Gasteiger partial charge < -0.3 is 10.1 Å². The zero-order chi connectivity index (χ0) is 22.3. The molecule has 0 atom stereocenters. The van der Waals surface area contributed by atoms with Gasteiger partial charge in [-0.15, -0.1) is 0 Å². The summed E-state index contributed by atoms with van der Waals surface area (Å²) < 4.78 is 5.86. The molecule has 32 heavy (non-hydrogen) atoms. The van der Waals surface area contributed by atoms with Crippen LogP contribution in [-0.2, 0) is 0 Å². The Morgan fingerprint density at radius 3 is 2.28 bits per heavy atom. The summed E-state index contributed by atoms with van der Waals surface area (Å²) in [5.41, 5.74) is 1.48. The Labute approximate surface area is 186 Å². The molecule has 3 aromatic rings. The minimum atomic E-state index is -0.255. The maximum absolute atomic E-state index is 13.0. The number of hydrogen-bond donors (Lipinski definition) is 1. The number of aromatic nitrogens is 2. The molecule has 1 aromatic heterocycles. The largest absolute Gasteiger partial charge is 0.472 e. The fourth-order valence-corrected chi connectivity index (χ4v) is 3.86. The molecule has 1 fully saturated rings. The fraction of sp³-hybridized carbons (Fsp3) is 0.240. The van der Waals surface area contributed by atoms with E-state index in [2.05, 4.69) is 15.3 Å². The molecule has 0 bridgehead atoms. The van der Waals surface area contributed by atoms with Gasteiger partial charge in [0, 0.05) is 29.6 Å². The van der Waals surface area contributed by atoms with Crippen LogP contribution in [0.15, 0.2) is 67.0 Å². The van der Waals surface area contributed by atoms with Crippen molar-refractivity contribution < 1.29 is 14.3 Å². The van der Waals surface area contributed by atoms with E-state index in [0.29, 0.717) is 16.7 Å². The van der Waals surface area contributed by atoms with Crippen molar-refractivity contribution in [1.82, 2.24) is 15.3 Å². The van der Waals surface area contributed by atoms with Crippen molar-refractivity contribution in [2.75, 3.05) is 0 Å². The quantitative estimate of drug-likeness (QED) is 0.603. The number of nitriles is 1. The molecule has 1 N–H and O–H groups in total. The van der Waals surface area contributed by atoms with Crippen molar-refractivity contribution in [2.24, 2.45) is 0 Å². The molecule has 1 saturated carbocycles. The lowest BCUT2D eigenvalue weighted by Gasteiger charge is -2.29. The van der Waals surface area contributed by atoms with Crippen molar-refractivity contribution >= 4 is 11.7 Å². The van der Waals surface area contributed by atoms with E-state index in [4.69, 9.17) is 10.00 Å². The lowest BCUT2D eigenvalue weighted by molar-refractivity contribution is 0.0883. The summed E-state index contributed by atoms with van der Waals surface area (Å²) in [4.78, 5) is 33.9. The summed E-state index contributed by atoms with van der Waals surface area (Å²) >= 11 is 0. The Bertz CT molecular complexity index is 1150. The molecule has 7 nitrogen and oxygen atoms in total. The van der Waals surface area contributed by atoms with Crippen molar-refractivity contribution in [3.8, 4) is 11.9 Å². The first-order valence-corrected chi connectivity index (χ1v) is 10.5. The normalized spacial score (nSPS) is 17.7. The molecule has 0 spiro atoms. The highest BCUT2D eigenvalue weighted by atomic mass is 16.5. The number of ketones is 1. The number of nitrogens with one attached hydrogen (secondary N) is 1. The molecule has 0 aliphatic heterocycles. The molecule has 1 aliphatic rings. The van der Waals surface area contributed by atoms with Crippen LogP contribution in [0.1, 0.15) is 57.7 Å². The van der Waals surface area contributed by atoms with E-state index in [1.807, 2.05) is 12.1 Å². The highest BCUT2D eigenvalue weighted by Gasteiger charge is 2.26. The van der Waals surface area contributed by atoms with Crippen molar-refractivity contribution in [2.45, 2.75) is 37.8 Å². The monoisotopic (exact) mass is 426 g/mol. The number of nitrogens with zero attached hydrogens (tertiary/aromatic N) is 3. The number of carbonyl (C=O) groups excluding carboxylic acids is 2. The molecule has 7 heteroatoms. The van der Waals surface area contributed by atoms with Crippen LogP contribution in [0.4, 0.5) is 0 Å². The summed E-state index contributed by atoms with van der Waals surface area (Å²) in [6.45, 7) is 0. The molecular weight excluding hydrogens is 404 g/mol. The summed E-state index contributed by atoms with van der Waals surface area (Å²) in [6.07, 6.45) is 5.77. The molecule has 0 unspecified atom stereocenters. The average Bonchev–Trinajstić information content (AvgIpc) is 2.85. The third-order valence-corrected chi connectivity index (χ3v) is 5.51. The fourth-order valence-electron chi connectivity index (χ4n) is 3.86. The Balaban J connectivity index is 1.38. The van der Waals surface area contributed by atoms with Crippen molar-refractivity contribution in [3.05, 3.63) is 89.4 Å². The number of rotatable bonds is 6. The predicted molar refractivity (Wildman–Crippen MR) is 117 cm³/mol. The average molecular weight is 426 g/mol. The number of carbonyl (C=O) groups is 2. The van der Waals surface area contributed by atoms with Gasteiger partial charge in [-0.1, -0.05) is 48.5 Å². The lowest BCUT2D eigenvalue weighted by Crippen LogP contribution is -2.40. The van der Waals surface area contributed by atoms with Crippen LogP contribution in [0.25, 0.3) is 0 Å². The summed E-state index contributed by atoms with van der Waals surface area (Å²) in [5.74, 6) is -0.184. The van der Waals surface area contributed by atoms with E-state index >= 15 is 0 Å². The second kappa shape index (κ2) is 9.84. The smallest absolute Gasteiger partial charge is 0.252 e. The van der Waals surface area contributed by atoms with Crippen LogP contribution in [0.5, 0.6) is 5.88 Å². The zero-order valence-corrected chi connectivity index (χ0v) is 17.4. The first kappa shape index (κ1) is 21.2. The summed E-state index contributed by atoms with van der Waals surface area (Å²) in [7, 11) is 0. The molecule has 160 valence electrons. The molecule has 1 amide bonds. The van der Waals surface area contributed by atoms with Crippen LogP contribution in [-0.4, -0.2) is 33.8 Å². The maximum atomic E-state index is 13.0. The predicted octanol–water partition coefficient (Wildman–Crippen LogP) is 3.70.